The number of para-hydroxylation sites is 2. The molecule has 1 heterocycles. The molecule has 3 rings (SSSR count). The zero-order valence-corrected chi connectivity index (χ0v) is 11.5. The summed E-state index contributed by atoms with van der Waals surface area (Å²) in [4.78, 5) is 12.6. The molecule has 104 valence electrons. The van der Waals surface area contributed by atoms with Gasteiger partial charge >= 0.3 is 0 Å². The summed E-state index contributed by atoms with van der Waals surface area (Å²) in [6, 6.07) is 15.3. The summed E-state index contributed by atoms with van der Waals surface area (Å²) in [5.41, 5.74) is 1.77. The molecule has 1 aliphatic rings. The van der Waals surface area contributed by atoms with Crippen LogP contribution >= 0.6 is 0 Å². The van der Waals surface area contributed by atoms with E-state index >= 15 is 0 Å². The van der Waals surface area contributed by atoms with Gasteiger partial charge in [0.1, 0.15) is 11.5 Å². The van der Waals surface area contributed by atoms with Crippen molar-refractivity contribution < 1.29 is 9.53 Å². The quantitative estimate of drug-likeness (QED) is 0.691. The molecule has 2 aromatic rings. The Morgan fingerprint density at radius 2 is 1.67 bits per heavy atom. The number of amides is 1. The molecule has 1 amide bonds. The van der Waals surface area contributed by atoms with Gasteiger partial charge in [-0.3, -0.25) is 4.79 Å². The summed E-state index contributed by atoms with van der Waals surface area (Å²) in [5, 5.41) is 2.90. The van der Waals surface area contributed by atoms with Gasteiger partial charge in [-0.25, -0.2) is 0 Å². The molecule has 0 saturated carbocycles. The van der Waals surface area contributed by atoms with Gasteiger partial charge in [0.25, 0.3) is 0 Å². The third kappa shape index (κ3) is 2.48. The molecule has 2 aromatic carbocycles. The summed E-state index contributed by atoms with van der Waals surface area (Å²) in [6.45, 7) is 0.483. The molecule has 1 N–H and O–H groups in total. The zero-order chi connectivity index (χ0) is 14.7. The van der Waals surface area contributed by atoms with Crippen LogP contribution in [0.5, 0.6) is 11.5 Å². The zero-order valence-electron chi connectivity index (χ0n) is 11.5. The van der Waals surface area contributed by atoms with Crippen molar-refractivity contribution in [1.82, 2.24) is 5.32 Å². The average molecular weight is 277 g/mol. The second kappa shape index (κ2) is 5.72. The van der Waals surface area contributed by atoms with Crippen molar-refractivity contribution in [2.24, 2.45) is 0 Å². The molecular weight excluding hydrogens is 262 g/mol. The number of ether oxygens (including phenoxy) is 1. The third-order valence-electron chi connectivity index (χ3n) is 3.51. The molecule has 3 heteroatoms. The Balaban J connectivity index is 1.99. The van der Waals surface area contributed by atoms with Crippen LogP contribution in [0.1, 0.15) is 23.5 Å². The minimum atomic E-state index is -0.357. The highest BCUT2D eigenvalue weighted by Gasteiger charge is 2.31. The molecular formula is C18H15NO2. The highest BCUT2D eigenvalue weighted by molar-refractivity contribution is 5.89. The normalized spacial score (nSPS) is 12.5. The Kier molecular flexibility index (Phi) is 3.61. The minimum absolute atomic E-state index is 0.0477. The van der Waals surface area contributed by atoms with E-state index in [2.05, 4.69) is 11.2 Å². The molecule has 0 bridgehead atoms. The van der Waals surface area contributed by atoms with Gasteiger partial charge in [0.15, 0.2) is 0 Å². The number of hydrogen-bond donors (Lipinski definition) is 1. The number of carbonyl (C=O) groups excluding carboxylic acids is 1. The van der Waals surface area contributed by atoms with Gasteiger partial charge in [-0.05, 0) is 12.1 Å². The number of rotatable bonds is 3. The van der Waals surface area contributed by atoms with Crippen LogP contribution in [-0.4, -0.2) is 12.5 Å². The smallest absolute Gasteiger partial charge is 0.232 e. The second-order valence-corrected chi connectivity index (χ2v) is 4.86. The highest BCUT2D eigenvalue weighted by atomic mass is 16.5. The molecule has 0 radical (unpaired) electrons. The van der Waals surface area contributed by atoms with Crippen LogP contribution in [0.4, 0.5) is 0 Å². The number of nitrogens with one attached hydrogen (secondary N) is 1. The lowest BCUT2D eigenvalue weighted by atomic mass is 9.87. The first kappa shape index (κ1) is 13.3. The van der Waals surface area contributed by atoms with E-state index in [1.54, 1.807) is 0 Å². The minimum Gasteiger partial charge on any atom is -0.457 e. The van der Waals surface area contributed by atoms with Gasteiger partial charge in [0.2, 0.25) is 5.91 Å². The Bertz CT molecular complexity index is 670. The van der Waals surface area contributed by atoms with E-state index < -0.39 is 0 Å². The number of fused-ring (bicyclic) bond motifs is 2. The van der Waals surface area contributed by atoms with Crippen molar-refractivity contribution in [3.8, 4) is 23.8 Å². The lowest BCUT2D eigenvalue weighted by Crippen LogP contribution is -2.32. The second-order valence-electron chi connectivity index (χ2n) is 4.86. The van der Waals surface area contributed by atoms with Crippen molar-refractivity contribution in [2.75, 3.05) is 6.54 Å². The van der Waals surface area contributed by atoms with E-state index in [1.807, 2.05) is 48.5 Å². The summed E-state index contributed by atoms with van der Waals surface area (Å²) in [5.74, 6) is 3.58. The molecule has 0 spiro atoms. The van der Waals surface area contributed by atoms with E-state index in [0.29, 0.717) is 13.0 Å². The van der Waals surface area contributed by atoms with Crippen LogP contribution < -0.4 is 10.1 Å². The molecule has 3 nitrogen and oxygen atoms in total. The molecule has 0 saturated heterocycles. The molecule has 21 heavy (non-hydrogen) atoms. The van der Waals surface area contributed by atoms with Crippen LogP contribution in [0.3, 0.4) is 0 Å². The van der Waals surface area contributed by atoms with Crippen molar-refractivity contribution in [3.05, 3.63) is 59.7 Å². The van der Waals surface area contributed by atoms with Crippen LogP contribution in [0, 0.1) is 12.3 Å². The lowest BCUT2D eigenvalue weighted by Gasteiger charge is -2.27. The van der Waals surface area contributed by atoms with Crippen LogP contribution in [0.25, 0.3) is 0 Å². The Morgan fingerprint density at radius 3 is 2.24 bits per heavy atom. The average Bonchev–Trinajstić information content (AvgIpc) is 2.52. The largest absolute Gasteiger partial charge is 0.457 e. The first-order chi connectivity index (χ1) is 10.3. The van der Waals surface area contributed by atoms with Crippen molar-refractivity contribution in [2.45, 2.75) is 12.3 Å². The first-order valence-corrected chi connectivity index (χ1v) is 6.88. The summed E-state index contributed by atoms with van der Waals surface area (Å²) < 4.78 is 5.87. The standard InChI is InChI=1S/C18H15NO2/c1-2-3-12-19-18(20)17-13-8-4-6-10-15(13)21-16-11-7-5-9-14(16)17/h1,4-11,17H,3,12H2,(H,19,20). The first-order valence-electron chi connectivity index (χ1n) is 6.88. The maximum atomic E-state index is 12.6. The molecule has 0 aliphatic carbocycles. The van der Waals surface area contributed by atoms with Gasteiger partial charge in [-0.15, -0.1) is 12.3 Å². The molecule has 0 aromatic heterocycles. The van der Waals surface area contributed by atoms with Gasteiger partial charge < -0.3 is 10.1 Å². The lowest BCUT2D eigenvalue weighted by molar-refractivity contribution is -0.121. The Morgan fingerprint density at radius 1 is 1.10 bits per heavy atom. The monoisotopic (exact) mass is 277 g/mol. The Hall–Kier alpha value is -2.73. The predicted molar refractivity (Wildman–Crippen MR) is 81.3 cm³/mol. The van der Waals surface area contributed by atoms with E-state index in [1.165, 1.54) is 0 Å². The summed E-state index contributed by atoms with van der Waals surface area (Å²) >= 11 is 0. The van der Waals surface area contributed by atoms with Crippen molar-refractivity contribution >= 4 is 5.91 Å². The number of carbonyl (C=O) groups is 1. The number of hydrogen-bond acceptors (Lipinski definition) is 2. The third-order valence-corrected chi connectivity index (χ3v) is 3.51. The van der Waals surface area contributed by atoms with E-state index in [-0.39, 0.29) is 11.8 Å². The van der Waals surface area contributed by atoms with Crippen molar-refractivity contribution in [1.29, 1.82) is 0 Å². The SMILES string of the molecule is C#CCCNC(=O)C1c2ccccc2Oc2ccccc21. The fraction of sp³-hybridized carbons (Fsp3) is 0.167. The number of benzene rings is 2. The molecule has 0 unspecified atom stereocenters. The molecule has 0 fully saturated rings. The summed E-state index contributed by atoms with van der Waals surface area (Å²) in [7, 11) is 0. The van der Waals surface area contributed by atoms with E-state index in [0.717, 1.165) is 22.6 Å². The maximum Gasteiger partial charge on any atom is 0.232 e. The molecule has 0 atom stereocenters. The van der Waals surface area contributed by atoms with Crippen LogP contribution in [0.15, 0.2) is 48.5 Å². The van der Waals surface area contributed by atoms with E-state index in [9.17, 15) is 4.79 Å². The van der Waals surface area contributed by atoms with Crippen LogP contribution in [0.2, 0.25) is 0 Å². The number of terminal acetylenes is 1. The van der Waals surface area contributed by atoms with E-state index in [4.69, 9.17) is 11.2 Å². The van der Waals surface area contributed by atoms with Crippen LogP contribution in [-0.2, 0) is 4.79 Å². The van der Waals surface area contributed by atoms with Crippen molar-refractivity contribution in [3.63, 3.8) is 0 Å². The Labute approximate surface area is 123 Å². The van der Waals surface area contributed by atoms with Gasteiger partial charge in [-0.2, -0.15) is 0 Å². The summed E-state index contributed by atoms with van der Waals surface area (Å²) in [6.07, 6.45) is 5.75. The molecule has 1 aliphatic heterocycles. The topological polar surface area (TPSA) is 38.3 Å². The highest BCUT2D eigenvalue weighted by Crippen LogP contribution is 2.43. The fourth-order valence-electron chi connectivity index (χ4n) is 2.55. The van der Waals surface area contributed by atoms with Gasteiger partial charge in [0.05, 0.1) is 5.92 Å². The fourth-order valence-corrected chi connectivity index (χ4v) is 2.55. The predicted octanol–water partition coefficient (Wildman–Crippen LogP) is 3.06. The maximum absolute atomic E-state index is 12.6. The van der Waals surface area contributed by atoms with Gasteiger partial charge in [0, 0.05) is 24.1 Å². The van der Waals surface area contributed by atoms with Gasteiger partial charge in [-0.1, -0.05) is 36.4 Å².